The molecule has 0 bridgehead atoms. The molecule has 0 aliphatic heterocycles. The van der Waals surface area contributed by atoms with Crippen LogP contribution in [0, 0.1) is 0 Å². The highest BCUT2D eigenvalue weighted by molar-refractivity contribution is 5.86. The van der Waals surface area contributed by atoms with Gasteiger partial charge in [0.05, 0.1) is 0 Å². The maximum atomic E-state index is 12.2. The number of hydrogen-bond donors (Lipinski definition) is 3. The highest BCUT2D eigenvalue weighted by Crippen LogP contribution is 2.17. The fourth-order valence-electron chi connectivity index (χ4n) is 2.18. The Kier molecular flexibility index (Phi) is 5.55. The van der Waals surface area contributed by atoms with Crippen LogP contribution in [0.4, 0.5) is 5.69 Å². The number of anilines is 1. The largest absolute Gasteiger partial charge is 0.385 e. The van der Waals surface area contributed by atoms with E-state index in [4.69, 9.17) is 5.73 Å². The predicted octanol–water partition coefficient (Wildman–Crippen LogP) is 2.48. The standard InChI is InChI=1S/C18H23N3O/c1-18(19,15-9-4-2-5-10-15)17(22)21-14-8-13-20-16-11-6-3-7-12-16/h2-7,9-12,20H,8,13-14,19H2,1H3,(H,21,22). The van der Waals surface area contributed by atoms with Gasteiger partial charge in [-0.1, -0.05) is 48.5 Å². The summed E-state index contributed by atoms with van der Waals surface area (Å²) >= 11 is 0. The van der Waals surface area contributed by atoms with Gasteiger partial charge in [0.25, 0.3) is 0 Å². The van der Waals surface area contributed by atoms with Crippen molar-refractivity contribution in [2.75, 3.05) is 18.4 Å². The molecule has 2 aromatic rings. The third-order valence-electron chi connectivity index (χ3n) is 3.59. The number of benzene rings is 2. The molecule has 0 aliphatic rings. The number of nitrogens with one attached hydrogen (secondary N) is 2. The molecule has 1 atom stereocenters. The normalized spacial score (nSPS) is 13.2. The van der Waals surface area contributed by atoms with Crippen molar-refractivity contribution in [3.63, 3.8) is 0 Å². The minimum absolute atomic E-state index is 0.154. The van der Waals surface area contributed by atoms with Crippen LogP contribution in [-0.2, 0) is 10.3 Å². The summed E-state index contributed by atoms with van der Waals surface area (Å²) in [6.45, 7) is 3.13. The number of amides is 1. The van der Waals surface area contributed by atoms with Crippen LogP contribution in [0.5, 0.6) is 0 Å². The fourth-order valence-corrected chi connectivity index (χ4v) is 2.18. The molecule has 2 rings (SSSR count). The van der Waals surface area contributed by atoms with Crippen LogP contribution >= 0.6 is 0 Å². The number of carbonyl (C=O) groups excluding carboxylic acids is 1. The molecule has 0 radical (unpaired) electrons. The summed E-state index contributed by atoms with van der Waals surface area (Å²) in [7, 11) is 0. The lowest BCUT2D eigenvalue weighted by Crippen LogP contribution is -2.49. The minimum atomic E-state index is -1.01. The van der Waals surface area contributed by atoms with E-state index in [1.165, 1.54) is 0 Å². The Balaban J connectivity index is 1.73. The van der Waals surface area contributed by atoms with Crippen molar-refractivity contribution in [2.24, 2.45) is 5.73 Å². The summed E-state index contributed by atoms with van der Waals surface area (Å²) in [5.41, 5.74) is 7.05. The molecule has 2 aromatic carbocycles. The first-order valence-electron chi connectivity index (χ1n) is 7.52. The molecule has 22 heavy (non-hydrogen) atoms. The van der Waals surface area contributed by atoms with Crippen LogP contribution in [-0.4, -0.2) is 19.0 Å². The van der Waals surface area contributed by atoms with Crippen molar-refractivity contribution in [3.05, 3.63) is 66.2 Å². The van der Waals surface area contributed by atoms with Gasteiger partial charge in [0.15, 0.2) is 0 Å². The molecule has 0 heterocycles. The average Bonchev–Trinajstić information content (AvgIpc) is 2.56. The minimum Gasteiger partial charge on any atom is -0.385 e. The van der Waals surface area contributed by atoms with Crippen molar-refractivity contribution < 1.29 is 4.79 Å². The lowest BCUT2D eigenvalue weighted by Gasteiger charge is -2.24. The summed E-state index contributed by atoms with van der Waals surface area (Å²) < 4.78 is 0. The van der Waals surface area contributed by atoms with E-state index in [9.17, 15) is 4.79 Å². The van der Waals surface area contributed by atoms with Gasteiger partial charge in [-0.15, -0.1) is 0 Å². The monoisotopic (exact) mass is 297 g/mol. The maximum absolute atomic E-state index is 12.2. The molecular weight excluding hydrogens is 274 g/mol. The number of carbonyl (C=O) groups is 1. The first-order chi connectivity index (χ1) is 10.6. The summed E-state index contributed by atoms with van der Waals surface area (Å²) in [6.07, 6.45) is 0.839. The van der Waals surface area contributed by atoms with Crippen LogP contribution in [0.2, 0.25) is 0 Å². The van der Waals surface area contributed by atoms with Crippen LogP contribution in [0.3, 0.4) is 0 Å². The highest BCUT2D eigenvalue weighted by atomic mass is 16.2. The number of hydrogen-bond acceptors (Lipinski definition) is 3. The number of para-hydroxylation sites is 1. The molecule has 4 nitrogen and oxygen atoms in total. The fraction of sp³-hybridized carbons (Fsp3) is 0.278. The summed E-state index contributed by atoms with van der Waals surface area (Å²) in [5, 5.41) is 6.21. The van der Waals surface area contributed by atoms with Crippen molar-refractivity contribution in [1.29, 1.82) is 0 Å². The molecule has 0 spiro atoms. The van der Waals surface area contributed by atoms with E-state index in [0.717, 1.165) is 24.2 Å². The molecule has 0 aliphatic carbocycles. The molecule has 0 fully saturated rings. The van der Waals surface area contributed by atoms with Gasteiger partial charge >= 0.3 is 0 Å². The van der Waals surface area contributed by atoms with Gasteiger partial charge in [-0.2, -0.15) is 0 Å². The van der Waals surface area contributed by atoms with Gasteiger partial charge in [-0.3, -0.25) is 4.79 Å². The maximum Gasteiger partial charge on any atom is 0.244 e. The predicted molar refractivity (Wildman–Crippen MR) is 90.5 cm³/mol. The Labute approximate surface area is 131 Å². The van der Waals surface area contributed by atoms with Crippen molar-refractivity contribution >= 4 is 11.6 Å². The molecule has 0 saturated carbocycles. The van der Waals surface area contributed by atoms with Crippen LogP contribution in [0.15, 0.2) is 60.7 Å². The Bertz CT molecular complexity index is 582. The van der Waals surface area contributed by atoms with E-state index in [0.29, 0.717) is 6.54 Å². The second kappa shape index (κ2) is 7.61. The molecule has 0 saturated heterocycles. The Morgan fingerprint density at radius 1 is 1.00 bits per heavy atom. The molecule has 4 heteroatoms. The SMILES string of the molecule is CC(N)(C(=O)NCCCNc1ccccc1)c1ccccc1. The Morgan fingerprint density at radius 2 is 1.59 bits per heavy atom. The molecule has 4 N–H and O–H groups in total. The van der Waals surface area contributed by atoms with E-state index >= 15 is 0 Å². The zero-order valence-electron chi connectivity index (χ0n) is 12.9. The van der Waals surface area contributed by atoms with Gasteiger partial charge in [-0.25, -0.2) is 0 Å². The summed E-state index contributed by atoms with van der Waals surface area (Å²) in [6, 6.07) is 19.4. The zero-order valence-corrected chi connectivity index (χ0v) is 12.9. The highest BCUT2D eigenvalue weighted by Gasteiger charge is 2.29. The van der Waals surface area contributed by atoms with Crippen molar-refractivity contribution in [3.8, 4) is 0 Å². The van der Waals surface area contributed by atoms with Gasteiger partial charge in [0.1, 0.15) is 5.54 Å². The third-order valence-corrected chi connectivity index (χ3v) is 3.59. The zero-order chi connectivity index (χ0) is 15.8. The first kappa shape index (κ1) is 16.0. The lowest BCUT2D eigenvalue weighted by molar-refractivity contribution is -0.126. The third kappa shape index (κ3) is 4.33. The topological polar surface area (TPSA) is 67.2 Å². The Morgan fingerprint density at radius 3 is 2.23 bits per heavy atom. The molecular formula is C18H23N3O. The molecule has 0 aromatic heterocycles. The summed E-state index contributed by atoms with van der Waals surface area (Å²) in [5.74, 6) is -0.154. The van der Waals surface area contributed by atoms with E-state index in [1.807, 2.05) is 60.7 Å². The van der Waals surface area contributed by atoms with Gasteiger partial charge in [0.2, 0.25) is 5.91 Å². The van der Waals surface area contributed by atoms with Crippen LogP contribution in [0.1, 0.15) is 18.9 Å². The smallest absolute Gasteiger partial charge is 0.244 e. The van der Waals surface area contributed by atoms with Gasteiger partial charge in [0, 0.05) is 18.8 Å². The van der Waals surface area contributed by atoms with Crippen molar-refractivity contribution in [2.45, 2.75) is 18.9 Å². The van der Waals surface area contributed by atoms with E-state index < -0.39 is 5.54 Å². The van der Waals surface area contributed by atoms with Crippen LogP contribution in [0.25, 0.3) is 0 Å². The molecule has 1 amide bonds. The average molecular weight is 297 g/mol. The number of rotatable bonds is 7. The summed E-state index contributed by atoms with van der Waals surface area (Å²) in [4.78, 5) is 12.2. The number of nitrogens with two attached hydrogens (primary N) is 1. The van der Waals surface area contributed by atoms with Crippen molar-refractivity contribution in [1.82, 2.24) is 5.32 Å². The van der Waals surface area contributed by atoms with Crippen LogP contribution < -0.4 is 16.4 Å². The first-order valence-corrected chi connectivity index (χ1v) is 7.52. The Hall–Kier alpha value is -2.33. The second-order valence-corrected chi connectivity index (χ2v) is 5.47. The molecule has 116 valence electrons. The lowest BCUT2D eigenvalue weighted by atomic mass is 9.92. The molecule has 1 unspecified atom stereocenters. The van der Waals surface area contributed by atoms with E-state index in [1.54, 1.807) is 6.92 Å². The van der Waals surface area contributed by atoms with E-state index in [-0.39, 0.29) is 5.91 Å². The van der Waals surface area contributed by atoms with Gasteiger partial charge in [-0.05, 0) is 31.0 Å². The van der Waals surface area contributed by atoms with E-state index in [2.05, 4.69) is 10.6 Å². The second-order valence-electron chi connectivity index (χ2n) is 5.47. The van der Waals surface area contributed by atoms with Gasteiger partial charge < -0.3 is 16.4 Å². The quantitative estimate of drug-likeness (QED) is 0.688.